The van der Waals surface area contributed by atoms with Crippen molar-refractivity contribution in [1.82, 2.24) is 20.1 Å². The van der Waals surface area contributed by atoms with Gasteiger partial charge in [-0.25, -0.2) is 4.98 Å². The quantitative estimate of drug-likeness (QED) is 0.874. The molecule has 21 heavy (non-hydrogen) atoms. The van der Waals surface area contributed by atoms with Gasteiger partial charge < -0.3 is 5.32 Å². The van der Waals surface area contributed by atoms with Crippen LogP contribution < -0.4 is 5.32 Å². The van der Waals surface area contributed by atoms with Crippen LogP contribution in [0.25, 0.3) is 0 Å². The van der Waals surface area contributed by atoms with Gasteiger partial charge in [0, 0.05) is 37.6 Å². The van der Waals surface area contributed by atoms with Crippen LogP contribution in [0.3, 0.4) is 0 Å². The highest BCUT2D eigenvalue weighted by Crippen LogP contribution is 2.22. The van der Waals surface area contributed by atoms with Gasteiger partial charge in [0.15, 0.2) is 0 Å². The third-order valence-electron chi connectivity index (χ3n) is 4.67. The maximum Gasteiger partial charge on any atom is 0.107 e. The molecule has 2 aliphatic rings. The fraction of sp³-hybridized carbons (Fsp3) is 0.812. The second-order valence-corrected chi connectivity index (χ2v) is 7.23. The molecule has 0 aliphatic carbocycles. The molecule has 3 rings (SSSR count). The van der Waals surface area contributed by atoms with E-state index in [4.69, 9.17) is 4.98 Å². The summed E-state index contributed by atoms with van der Waals surface area (Å²) < 4.78 is 0. The van der Waals surface area contributed by atoms with E-state index < -0.39 is 0 Å². The standard InChI is InChI=1S/C16H28N4S/c1-2-17-10-16-18-14(13-21-16)11-19-9-6-15(12-19)20-7-4-3-5-8-20/h13,15,17H,2-12H2,1H3. The van der Waals surface area contributed by atoms with E-state index in [2.05, 4.69) is 27.4 Å². The lowest BCUT2D eigenvalue weighted by molar-refractivity contribution is 0.161. The van der Waals surface area contributed by atoms with E-state index in [-0.39, 0.29) is 0 Å². The molecular formula is C16H28N4S. The van der Waals surface area contributed by atoms with Crippen molar-refractivity contribution >= 4 is 11.3 Å². The molecule has 0 aromatic carbocycles. The highest BCUT2D eigenvalue weighted by molar-refractivity contribution is 7.09. The number of aromatic nitrogens is 1. The van der Waals surface area contributed by atoms with Crippen LogP contribution in [-0.2, 0) is 13.1 Å². The van der Waals surface area contributed by atoms with Gasteiger partial charge in [-0.1, -0.05) is 13.3 Å². The molecular weight excluding hydrogens is 280 g/mol. The molecule has 0 radical (unpaired) electrons. The van der Waals surface area contributed by atoms with Gasteiger partial charge in [-0.2, -0.15) is 0 Å². The lowest BCUT2D eigenvalue weighted by Gasteiger charge is -2.32. The van der Waals surface area contributed by atoms with Gasteiger partial charge in [0.05, 0.1) is 5.69 Å². The smallest absolute Gasteiger partial charge is 0.107 e. The Kier molecular flexibility index (Phi) is 5.63. The summed E-state index contributed by atoms with van der Waals surface area (Å²) in [6.45, 7) is 10.2. The highest BCUT2D eigenvalue weighted by atomic mass is 32.1. The molecule has 0 bridgehead atoms. The normalized spacial score (nSPS) is 24.7. The lowest BCUT2D eigenvalue weighted by atomic mass is 10.1. The molecule has 1 atom stereocenters. The summed E-state index contributed by atoms with van der Waals surface area (Å²) in [7, 11) is 0. The van der Waals surface area contributed by atoms with Gasteiger partial charge in [-0.15, -0.1) is 11.3 Å². The molecule has 3 heterocycles. The summed E-state index contributed by atoms with van der Waals surface area (Å²) in [6, 6.07) is 0.796. The van der Waals surface area contributed by atoms with Crippen molar-refractivity contribution in [3.63, 3.8) is 0 Å². The minimum atomic E-state index is 0.796. The number of hydrogen-bond donors (Lipinski definition) is 1. The molecule has 4 nitrogen and oxygen atoms in total. The molecule has 5 heteroatoms. The van der Waals surface area contributed by atoms with Crippen LogP contribution in [0, 0.1) is 0 Å². The average Bonchev–Trinajstić information content (AvgIpc) is 3.16. The first-order valence-corrected chi connectivity index (χ1v) is 9.33. The van der Waals surface area contributed by atoms with Gasteiger partial charge in [0.25, 0.3) is 0 Å². The Morgan fingerprint density at radius 2 is 2.14 bits per heavy atom. The van der Waals surface area contributed by atoms with Gasteiger partial charge in [0.2, 0.25) is 0 Å². The van der Waals surface area contributed by atoms with Crippen molar-refractivity contribution in [2.45, 2.75) is 51.7 Å². The highest BCUT2D eigenvalue weighted by Gasteiger charge is 2.28. The van der Waals surface area contributed by atoms with Crippen molar-refractivity contribution in [1.29, 1.82) is 0 Å². The number of rotatable bonds is 6. The second kappa shape index (κ2) is 7.68. The molecule has 0 amide bonds. The lowest BCUT2D eigenvalue weighted by Crippen LogP contribution is -2.40. The molecule has 2 aliphatic heterocycles. The summed E-state index contributed by atoms with van der Waals surface area (Å²) >= 11 is 1.79. The number of thiazole rings is 1. The fourth-order valence-electron chi connectivity index (χ4n) is 3.50. The third-order valence-corrected chi connectivity index (χ3v) is 5.56. The SMILES string of the molecule is CCNCc1nc(CN2CCC(N3CCCCC3)C2)cs1. The molecule has 1 aromatic heterocycles. The van der Waals surface area contributed by atoms with Gasteiger partial charge in [0.1, 0.15) is 5.01 Å². The van der Waals surface area contributed by atoms with Crippen LogP contribution in [0.2, 0.25) is 0 Å². The van der Waals surface area contributed by atoms with Crippen LogP contribution in [0.5, 0.6) is 0 Å². The zero-order chi connectivity index (χ0) is 14.5. The van der Waals surface area contributed by atoms with Crippen LogP contribution in [0.1, 0.15) is 43.3 Å². The summed E-state index contributed by atoms with van der Waals surface area (Å²) in [5.41, 5.74) is 1.26. The first-order valence-electron chi connectivity index (χ1n) is 8.45. The van der Waals surface area contributed by atoms with E-state index in [0.29, 0.717) is 0 Å². The predicted octanol–water partition coefficient (Wildman–Crippen LogP) is 2.31. The summed E-state index contributed by atoms with van der Waals surface area (Å²) in [6.07, 6.45) is 5.57. The molecule has 0 spiro atoms. The topological polar surface area (TPSA) is 31.4 Å². The Morgan fingerprint density at radius 1 is 1.29 bits per heavy atom. The van der Waals surface area contributed by atoms with Gasteiger partial charge in [-0.05, 0) is 38.9 Å². The Hall–Kier alpha value is -0.490. The summed E-state index contributed by atoms with van der Waals surface area (Å²) in [4.78, 5) is 10.1. The molecule has 0 saturated carbocycles. The maximum atomic E-state index is 4.75. The van der Waals surface area contributed by atoms with Crippen molar-refractivity contribution in [3.8, 4) is 0 Å². The van der Waals surface area contributed by atoms with Crippen LogP contribution in [-0.4, -0.2) is 53.5 Å². The van der Waals surface area contributed by atoms with Crippen LogP contribution in [0.15, 0.2) is 5.38 Å². The van der Waals surface area contributed by atoms with E-state index in [1.807, 2.05) is 0 Å². The van der Waals surface area contributed by atoms with Crippen LogP contribution in [0.4, 0.5) is 0 Å². The molecule has 1 unspecified atom stereocenters. The van der Waals surface area contributed by atoms with E-state index in [1.165, 1.54) is 62.6 Å². The van der Waals surface area contributed by atoms with E-state index in [9.17, 15) is 0 Å². The largest absolute Gasteiger partial charge is 0.311 e. The van der Waals surface area contributed by atoms with Crippen molar-refractivity contribution < 1.29 is 0 Å². The molecule has 1 N–H and O–H groups in total. The Balaban J connectivity index is 1.46. The second-order valence-electron chi connectivity index (χ2n) is 6.29. The number of nitrogens with zero attached hydrogens (tertiary/aromatic N) is 3. The van der Waals surface area contributed by atoms with E-state index >= 15 is 0 Å². The predicted molar refractivity (Wildman–Crippen MR) is 88.6 cm³/mol. The number of hydrogen-bond acceptors (Lipinski definition) is 5. The maximum absolute atomic E-state index is 4.75. The fourth-order valence-corrected chi connectivity index (χ4v) is 4.26. The number of nitrogens with one attached hydrogen (secondary N) is 1. The number of piperidine rings is 1. The Bertz CT molecular complexity index is 428. The number of likely N-dealkylation sites (tertiary alicyclic amines) is 2. The Morgan fingerprint density at radius 3 is 2.95 bits per heavy atom. The van der Waals surface area contributed by atoms with Gasteiger partial charge >= 0.3 is 0 Å². The van der Waals surface area contributed by atoms with Gasteiger partial charge in [-0.3, -0.25) is 9.80 Å². The zero-order valence-corrected chi connectivity index (χ0v) is 14.0. The first kappa shape index (κ1) is 15.4. The van der Waals surface area contributed by atoms with Crippen molar-refractivity contribution in [2.24, 2.45) is 0 Å². The summed E-state index contributed by atoms with van der Waals surface area (Å²) in [5.74, 6) is 0. The van der Waals surface area contributed by atoms with E-state index in [0.717, 1.165) is 25.7 Å². The monoisotopic (exact) mass is 308 g/mol. The zero-order valence-electron chi connectivity index (χ0n) is 13.2. The van der Waals surface area contributed by atoms with Crippen molar-refractivity contribution in [2.75, 3.05) is 32.7 Å². The minimum Gasteiger partial charge on any atom is -0.311 e. The van der Waals surface area contributed by atoms with E-state index in [1.54, 1.807) is 11.3 Å². The molecule has 118 valence electrons. The molecule has 2 fully saturated rings. The first-order chi connectivity index (χ1) is 10.3. The average molecular weight is 308 g/mol. The molecule has 1 aromatic rings. The summed E-state index contributed by atoms with van der Waals surface area (Å²) in [5, 5.41) is 6.81. The molecule has 2 saturated heterocycles. The van der Waals surface area contributed by atoms with Crippen molar-refractivity contribution in [3.05, 3.63) is 16.1 Å². The minimum absolute atomic E-state index is 0.796. The van der Waals surface area contributed by atoms with Crippen LogP contribution >= 0.6 is 11.3 Å². The Labute approximate surface area is 132 Å². The third kappa shape index (κ3) is 4.25.